The van der Waals surface area contributed by atoms with Gasteiger partial charge in [0, 0.05) is 112 Å². The summed E-state index contributed by atoms with van der Waals surface area (Å²) in [5, 5.41) is 54.2. The van der Waals surface area contributed by atoms with Crippen LogP contribution in [0.4, 0.5) is 0 Å². The minimum absolute atomic E-state index is 0.0345. The second-order valence-corrected chi connectivity index (χ2v) is 19.6. The Bertz CT molecular complexity index is 2220. The second-order valence-electron chi connectivity index (χ2n) is 19.6. The number of primary amides is 2. The number of aliphatic imine (C=N–C) groups is 3. The highest BCUT2D eigenvalue weighted by Crippen LogP contribution is 2.62. The SMILES string of the molecule is C/C1=C2/N/C(=C\C3=NC(=C(/C)C4=N[C@@](C)([C@@H]5N=C1[C@](C)(CCC(=O)O)[C@H]5CC(=O)O)[C@@](C)(CC(N)=O)[C@@H]4CCC(=O)O)/[C@@](C)(CC(N)=O)[C@@H]3CCC(=O)O)C(C)(C)[C@@H]2CCC(=O)O. The molecule has 18 heteroatoms. The lowest BCUT2D eigenvalue weighted by Crippen LogP contribution is -2.55. The molecule has 1 saturated heterocycles. The third-order valence-electron chi connectivity index (χ3n) is 15.4. The molecule has 63 heavy (non-hydrogen) atoms. The van der Waals surface area contributed by atoms with Gasteiger partial charge in [-0.15, -0.1) is 0 Å². The third-order valence-corrected chi connectivity index (χ3v) is 15.4. The van der Waals surface area contributed by atoms with Crippen molar-refractivity contribution in [3.8, 4) is 0 Å². The van der Waals surface area contributed by atoms with E-state index < -0.39 is 105 Å². The van der Waals surface area contributed by atoms with E-state index in [2.05, 4.69) is 5.32 Å². The number of allylic oxidation sites excluding steroid dienone is 6. The van der Waals surface area contributed by atoms with Crippen molar-refractivity contribution in [2.24, 2.45) is 71.8 Å². The van der Waals surface area contributed by atoms with E-state index in [1.54, 1.807) is 47.6 Å². The molecular weight excluding hydrogens is 817 g/mol. The van der Waals surface area contributed by atoms with Gasteiger partial charge in [-0.3, -0.25) is 48.5 Å². The maximum absolute atomic E-state index is 13.3. The summed E-state index contributed by atoms with van der Waals surface area (Å²) in [7, 11) is 0. The van der Waals surface area contributed by atoms with Gasteiger partial charge in [0.1, 0.15) is 0 Å². The predicted molar refractivity (Wildman–Crippen MR) is 231 cm³/mol. The Labute approximate surface area is 366 Å². The summed E-state index contributed by atoms with van der Waals surface area (Å²) < 4.78 is 0. The summed E-state index contributed by atoms with van der Waals surface area (Å²) in [6, 6.07) is -1.07. The molecule has 344 valence electrons. The van der Waals surface area contributed by atoms with E-state index in [4.69, 9.17) is 26.4 Å². The molecule has 9 atom stereocenters. The van der Waals surface area contributed by atoms with E-state index in [9.17, 15) is 59.1 Å². The number of carboxylic acid groups (broad SMARTS) is 5. The number of hydrogen-bond donors (Lipinski definition) is 8. The fourth-order valence-electron chi connectivity index (χ4n) is 11.8. The minimum atomic E-state index is -1.53. The molecule has 18 nitrogen and oxygen atoms in total. The molecule has 5 rings (SSSR count). The summed E-state index contributed by atoms with van der Waals surface area (Å²) in [5.74, 6) is -10.0. The lowest BCUT2D eigenvalue weighted by molar-refractivity contribution is -0.140. The van der Waals surface area contributed by atoms with Crippen LogP contribution < -0.4 is 16.8 Å². The van der Waals surface area contributed by atoms with Gasteiger partial charge in [-0.2, -0.15) is 0 Å². The van der Waals surface area contributed by atoms with Gasteiger partial charge in [-0.25, -0.2) is 0 Å². The molecule has 1 fully saturated rings. The third kappa shape index (κ3) is 8.56. The van der Waals surface area contributed by atoms with Crippen LogP contribution in [0.3, 0.4) is 0 Å². The lowest BCUT2D eigenvalue weighted by Gasteiger charge is -2.48. The fraction of sp³-hybridized carbons (Fsp3) is 0.644. The van der Waals surface area contributed by atoms with Crippen LogP contribution in [-0.4, -0.2) is 95.9 Å². The first-order valence-electron chi connectivity index (χ1n) is 21.4. The first-order chi connectivity index (χ1) is 29.0. The van der Waals surface area contributed by atoms with Gasteiger partial charge >= 0.3 is 29.8 Å². The van der Waals surface area contributed by atoms with Crippen molar-refractivity contribution >= 4 is 58.8 Å². The number of aliphatic carboxylic acids is 5. The molecule has 0 aliphatic carbocycles. The van der Waals surface area contributed by atoms with Gasteiger partial charge in [0.15, 0.2) is 0 Å². The van der Waals surface area contributed by atoms with Gasteiger partial charge in [0.25, 0.3) is 0 Å². The van der Waals surface area contributed by atoms with E-state index in [-0.39, 0.29) is 64.2 Å². The molecule has 0 unspecified atom stereocenters. The Balaban J connectivity index is 2.03. The van der Waals surface area contributed by atoms with Crippen LogP contribution in [-0.2, 0) is 33.6 Å². The quantitative estimate of drug-likeness (QED) is 0.0925. The molecule has 8 bridgehead atoms. The Morgan fingerprint density at radius 2 is 1.21 bits per heavy atom. The van der Waals surface area contributed by atoms with Crippen molar-refractivity contribution in [2.45, 2.75) is 138 Å². The number of fused-ring (bicyclic) bond motifs is 6. The molecule has 10 N–H and O–H groups in total. The van der Waals surface area contributed by atoms with E-state index >= 15 is 0 Å². The molecule has 2 amide bonds. The minimum Gasteiger partial charge on any atom is -0.481 e. The van der Waals surface area contributed by atoms with Crippen LogP contribution in [0.1, 0.15) is 126 Å². The van der Waals surface area contributed by atoms with E-state index in [0.717, 1.165) is 0 Å². The van der Waals surface area contributed by atoms with Crippen molar-refractivity contribution in [2.75, 3.05) is 0 Å². The molecule has 0 aromatic rings. The summed E-state index contributed by atoms with van der Waals surface area (Å²) in [6.45, 7) is 14.4. The van der Waals surface area contributed by atoms with Gasteiger partial charge in [-0.05, 0) is 63.7 Å². The number of carbonyl (C=O) groups is 7. The van der Waals surface area contributed by atoms with E-state index in [1.165, 1.54) is 0 Å². The van der Waals surface area contributed by atoms with E-state index in [1.807, 2.05) is 13.8 Å². The highest BCUT2D eigenvalue weighted by atomic mass is 16.4. The first kappa shape index (κ1) is 48.4. The van der Waals surface area contributed by atoms with E-state index in [0.29, 0.717) is 45.4 Å². The highest BCUT2D eigenvalue weighted by molar-refractivity contribution is 6.10. The van der Waals surface area contributed by atoms with Crippen LogP contribution >= 0.6 is 0 Å². The smallest absolute Gasteiger partial charge is 0.303 e. The van der Waals surface area contributed by atoms with Crippen molar-refractivity contribution < 1.29 is 59.1 Å². The molecule has 5 aliphatic heterocycles. The Morgan fingerprint density at radius 3 is 1.71 bits per heavy atom. The monoisotopic (exact) mass is 878 g/mol. The number of nitrogens with zero attached hydrogens (tertiary/aromatic N) is 3. The topological polar surface area (TPSA) is 322 Å². The maximum atomic E-state index is 13.3. The Morgan fingerprint density at radius 1 is 0.683 bits per heavy atom. The molecule has 0 saturated carbocycles. The molecular formula is C45H62N6O12. The Hall–Kier alpha value is -5.68. The first-order valence-corrected chi connectivity index (χ1v) is 21.4. The standard InChI is InChI=1S/C45H62N6O12/c1-21-36-24(10-13-32(56)57)41(3,4)28(49-36)18-27-23(9-12-31(54)55)43(6,19-29(46)52)39(48-27)22(2)37-25(11-14-33(58)59)44(7,20-30(47)53)45(8,51-37)40-26(17-35(62)63)42(5,38(21)50-40)16-15-34(60)61/h18,23-26,40,49H,9-17,19-20H2,1-8H3,(H2,46,52)(H2,47,53)(H,54,55)(H,56,57)(H,58,59)(H,60,61)(H,62,63)/b28-18-,36-21-,39-22-/t23-,24-,25-,26+,40-,42-,43+,44+,45+/m1/s1. The predicted octanol–water partition coefficient (Wildman–Crippen LogP) is 4.72. The second kappa shape index (κ2) is 17.1. The van der Waals surface area contributed by atoms with Crippen LogP contribution in [0.25, 0.3) is 0 Å². The molecule has 5 aliphatic rings. The molecule has 0 aromatic heterocycles. The van der Waals surface area contributed by atoms with Crippen LogP contribution in [0.2, 0.25) is 0 Å². The van der Waals surface area contributed by atoms with Crippen molar-refractivity contribution in [1.29, 1.82) is 0 Å². The molecule has 0 aromatic carbocycles. The zero-order valence-electron chi connectivity index (χ0n) is 37.3. The number of carboxylic acids is 5. The Kier molecular flexibility index (Phi) is 13.1. The fourth-order valence-corrected chi connectivity index (χ4v) is 11.8. The zero-order chi connectivity index (χ0) is 47.4. The zero-order valence-corrected chi connectivity index (χ0v) is 37.3. The average Bonchev–Trinajstić information content (AvgIpc) is 3.75. The number of rotatable bonds is 18. The molecule has 0 spiro atoms. The van der Waals surface area contributed by atoms with Gasteiger partial charge in [0.05, 0.1) is 23.7 Å². The highest BCUT2D eigenvalue weighted by Gasteiger charge is 2.66. The molecule has 0 radical (unpaired) electrons. The summed E-state index contributed by atoms with van der Waals surface area (Å²) in [4.78, 5) is 104. The summed E-state index contributed by atoms with van der Waals surface area (Å²) >= 11 is 0. The normalized spacial score (nSPS) is 36.2. The van der Waals surface area contributed by atoms with Gasteiger partial charge in [-0.1, -0.05) is 34.6 Å². The van der Waals surface area contributed by atoms with Crippen molar-refractivity contribution in [3.63, 3.8) is 0 Å². The molecule has 5 heterocycles. The van der Waals surface area contributed by atoms with Gasteiger partial charge in [0.2, 0.25) is 11.8 Å². The van der Waals surface area contributed by atoms with Crippen LogP contribution in [0.5, 0.6) is 0 Å². The van der Waals surface area contributed by atoms with Crippen molar-refractivity contribution in [1.82, 2.24) is 5.32 Å². The van der Waals surface area contributed by atoms with Crippen molar-refractivity contribution in [3.05, 3.63) is 34.3 Å². The maximum Gasteiger partial charge on any atom is 0.303 e. The summed E-state index contributed by atoms with van der Waals surface area (Å²) in [6.07, 6.45) is -0.485. The number of amides is 2. The number of hydrogen-bond acceptors (Lipinski definition) is 11. The number of nitrogens with two attached hydrogens (primary N) is 2. The van der Waals surface area contributed by atoms with Crippen LogP contribution in [0.15, 0.2) is 49.3 Å². The largest absolute Gasteiger partial charge is 0.481 e. The van der Waals surface area contributed by atoms with Gasteiger partial charge < -0.3 is 42.3 Å². The number of nitrogens with one attached hydrogen (secondary N) is 1. The summed E-state index contributed by atoms with van der Waals surface area (Å²) in [5.41, 5.74) is 9.43. The van der Waals surface area contributed by atoms with Crippen LogP contribution in [0, 0.1) is 45.3 Å². The average molecular weight is 879 g/mol. The lowest BCUT2D eigenvalue weighted by atomic mass is 9.55. The number of carbonyl (C=O) groups excluding carboxylic acids is 2.